The molecule has 0 bridgehead atoms. The standard InChI is InChI=1S/C22H31N3O2S/c1-4-25-21-11-7-6-10-19(21)20-16-18(12-13-22(20)25)23-14-8-5-9-15-24-28(26,27)17(2)3/h6-7,10-13,16-17,23-24H,4-5,8-9,14-15H2,1-3H3. The van der Waals surface area contributed by atoms with Crippen molar-refractivity contribution in [2.45, 2.75) is 51.8 Å². The van der Waals surface area contributed by atoms with E-state index < -0.39 is 10.0 Å². The largest absolute Gasteiger partial charge is 0.385 e. The van der Waals surface area contributed by atoms with Gasteiger partial charge >= 0.3 is 0 Å². The van der Waals surface area contributed by atoms with Gasteiger partial charge in [-0.1, -0.05) is 24.6 Å². The molecule has 0 aliphatic rings. The van der Waals surface area contributed by atoms with E-state index in [9.17, 15) is 8.42 Å². The summed E-state index contributed by atoms with van der Waals surface area (Å²) < 4.78 is 28.4. The molecule has 152 valence electrons. The van der Waals surface area contributed by atoms with Crippen LogP contribution < -0.4 is 10.0 Å². The zero-order chi connectivity index (χ0) is 20.1. The minimum atomic E-state index is -3.14. The van der Waals surface area contributed by atoms with E-state index >= 15 is 0 Å². The van der Waals surface area contributed by atoms with Gasteiger partial charge < -0.3 is 9.88 Å². The molecule has 0 amide bonds. The van der Waals surface area contributed by atoms with Crippen molar-refractivity contribution in [2.75, 3.05) is 18.4 Å². The number of hydrogen-bond acceptors (Lipinski definition) is 3. The van der Waals surface area contributed by atoms with Gasteiger partial charge in [0, 0.05) is 47.1 Å². The van der Waals surface area contributed by atoms with Gasteiger partial charge in [-0.2, -0.15) is 0 Å². The minimum absolute atomic E-state index is 0.372. The maximum absolute atomic E-state index is 11.7. The van der Waals surface area contributed by atoms with Crippen LogP contribution in [0.5, 0.6) is 0 Å². The number of benzene rings is 2. The third-order valence-electron chi connectivity index (χ3n) is 5.20. The number of para-hydroxylation sites is 1. The van der Waals surface area contributed by atoms with E-state index in [1.165, 1.54) is 21.8 Å². The topological polar surface area (TPSA) is 63.1 Å². The van der Waals surface area contributed by atoms with Gasteiger partial charge in [-0.15, -0.1) is 0 Å². The molecule has 3 aromatic rings. The summed E-state index contributed by atoms with van der Waals surface area (Å²) in [6.07, 6.45) is 2.86. The summed E-state index contributed by atoms with van der Waals surface area (Å²) in [6.45, 7) is 7.93. The molecule has 1 heterocycles. The molecule has 2 aromatic carbocycles. The fraction of sp³-hybridized carbons (Fsp3) is 0.455. The lowest BCUT2D eigenvalue weighted by molar-refractivity contribution is 0.566. The van der Waals surface area contributed by atoms with Crippen LogP contribution in [-0.2, 0) is 16.6 Å². The fourth-order valence-corrected chi connectivity index (χ4v) is 4.31. The van der Waals surface area contributed by atoms with E-state index in [-0.39, 0.29) is 5.25 Å². The SMILES string of the molecule is CCn1c2ccccc2c2cc(NCCCCCNS(=O)(=O)C(C)C)ccc21. The van der Waals surface area contributed by atoms with Crippen molar-refractivity contribution >= 4 is 37.5 Å². The normalized spacial score (nSPS) is 12.3. The summed E-state index contributed by atoms with van der Waals surface area (Å²) in [5, 5.41) is 5.71. The molecular weight excluding hydrogens is 370 g/mol. The van der Waals surface area contributed by atoms with Crippen molar-refractivity contribution in [3.8, 4) is 0 Å². The van der Waals surface area contributed by atoms with Crippen LogP contribution in [0.25, 0.3) is 21.8 Å². The predicted molar refractivity (Wildman–Crippen MR) is 120 cm³/mol. The lowest BCUT2D eigenvalue weighted by Gasteiger charge is -2.10. The van der Waals surface area contributed by atoms with Gasteiger partial charge in [0.1, 0.15) is 0 Å². The van der Waals surface area contributed by atoms with Crippen LogP contribution in [0.4, 0.5) is 5.69 Å². The lowest BCUT2D eigenvalue weighted by atomic mass is 10.1. The highest BCUT2D eigenvalue weighted by Crippen LogP contribution is 2.30. The van der Waals surface area contributed by atoms with Gasteiger partial charge in [0.05, 0.1) is 5.25 Å². The average molecular weight is 402 g/mol. The molecule has 28 heavy (non-hydrogen) atoms. The molecule has 2 N–H and O–H groups in total. The Morgan fingerprint density at radius 2 is 1.64 bits per heavy atom. The molecule has 1 aromatic heterocycles. The summed E-state index contributed by atoms with van der Waals surface area (Å²) in [6, 6.07) is 15.1. The monoisotopic (exact) mass is 401 g/mol. The number of hydrogen-bond donors (Lipinski definition) is 2. The van der Waals surface area contributed by atoms with Crippen LogP contribution >= 0.6 is 0 Å². The lowest BCUT2D eigenvalue weighted by Crippen LogP contribution is -2.31. The first kappa shape index (κ1) is 20.7. The number of aryl methyl sites for hydroxylation is 1. The van der Waals surface area contributed by atoms with Crippen LogP contribution in [0.2, 0.25) is 0 Å². The number of nitrogens with zero attached hydrogens (tertiary/aromatic N) is 1. The quantitative estimate of drug-likeness (QED) is 0.483. The van der Waals surface area contributed by atoms with Crippen molar-refractivity contribution in [1.29, 1.82) is 0 Å². The second kappa shape index (κ2) is 8.97. The van der Waals surface area contributed by atoms with Crippen LogP contribution in [0, 0.1) is 0 Å². The van der Waals surface area contributed by atoms with Crippen LogP contribution in [-0.4, -0.2) is 31.3 Å². The molecule has 3 rings (SSSR count). The summed E-state index contributed by atoms with van der Waals surface area (Å²) in [5.41, 5.74) is 3.68. The highest BCUT2D eigenvalue weighted by atomic mass is 32.2. The predicted octanol–water partition coefficient (Wildman–Crippen LogP) is 4.72. The van der Waals surface area contributed by atoms with Crippen LogP contribution in [0.3, 0.4) is 0 Å². The van der Waals surface area contributed by atoms with E-state index in [1.54, 1.807) is 13.8 Å². The zero-order valence-corrected chi connectivity index (χ0v) is 17.8. The van der Waals surface area contributed by atoms with Crippen molar-refractivity contribution in [2.24, 2.45) is 0 Å². The molecule has 0 aliphatic carbocycles. The Morgan fingerprint density at radius 1 is 0.929 bits per heavy atom. The smallest absolute Gasteiger partial charge is 0.213 e. The molecular formula is C22H31N3O2S. The zero-order valence-electron chi connectivity index (χ0n) is 17.0. The second-order valence-corrected chi connectivity index (χ2v) is 9.79. The van der Waals surface area contributed by atoms with E-state index in [4.69, 9.17) is 0 Å². The Morgan fingerprint density at radius 3 is 2.39 bits per heavy atom. The second-order valence-electron chi connectivity index (χ2n) is 7.47. The number of aromatic nitrogens is 1. The van der Waals surface area contributed by atoms with Gasteiger partial charge in [-0.25, -0.2) is 13.1 Å². The molecule has 0 spiro atoms. The highest BCUT2D eigenvalue weighted by molar-refractivity contribution is 7.90. The van der Waals surface area contributed by atoms with E-state index in [2.05, 4.69) is 64.0 Å². The Balaban J connectivity index is 1.54. The van der Waals surface area contributed by atoms with E-state index in [1.807, 2.05) is 0 Å². The molecule has 0 radical (unpaired) electrons. The average Bonchev–Trinajstić information content (AvgIpc) is 3.00. The molecule has 6 heteroatoms. The number of sulfonamides is 1. The van der Waals surface area contributed by atoms with E-state index in [0.29, 0.717) is 6.54 Å². The summed E-state index contributed by atoms with van der Waals surface area (Å²) in [4.78, 5) is 0. The summed E-state index contributed by atoms with van der Waals surface area (Å²) >= 11 is 0. The molecule has 0 aliphatic heterocycles. The van der Waals surface area contributed by atoms with E-state index in [0.717, 1.165) is 38.0 Å². The van der Waals surface area contributed by atoms with Gasteiger partial charge in [0.2, 0.25) is 10.0 Å². The van der Waals surface area contributed by atoms with Crippen molar-refractivity contribution in [1.82, 2.24) is 9.29 Å². The van der Waals surface area contributed by atoms with Crippen LogP contribution in [0.1, 0.15) is 40.0 Å². The Labute approximate surface area is 168 Å². The van der Waals surface area contributed by atoms with Crippen LogP contribution in [0.15, 0.2) is 42.5 Å². The molecule has 0 fully saturated rings. The minimum Gasteiger partial charge on any atom is -0.385 e. The van der Waals surface area contributed by atoms with Crippen molar-refractivity contribution in [3.05, 3.63) is 42.5 Å². The number of nitrogens with one attached hydrogen (secondary N) is 2. The number of unbranched alkanes of at least 4 members (excludes halogenated alkanes) is 2. The third-order valence-corrected chi connectivity index (χ3v) is 7.04. The molecule has 0 unspecified atom stereocenters. The molecule has 0 atom stereocenters. The van der Waals surface area contributed by atoms with Crippen molar-refractivity contribution in [3.63, 3.8) is 0 Å². The Hall–Kier alpha value is -2.05. The van der Waals surface area contributed by atoms with Gasteiger partial charge in [0.25, 0.3) is 0 Å². The maximum Gasteiger partial charge on any atom is 0.213 e. The first-order valence-corrected chi connectivity index (χ1v) is 11.7. The fourth-order valence-electron chi connectivity index (χ4n) is 3.54. The highest BCUT2D eigenvalue weighted by Gasteiger charge is 2.14. The van der Waals surface area contributed by atoms with Gasteiger partial charge in [0.15, 0.2) is 0 Å². The molecule has 5 nitrogen and oxygen atoms in total. The Bertz CT molecular complexity index is 1040. The molecule has 0 saturated heterocycles. The maximum atomic E-state index is 11.7. The summed E-state index contributed by atoms with van der Waals surface area (Å²) in [7, 11) is -3.14. The third kappa shape index (κ3) is 4.50. The first-order chi connectivity index (χ1) is 13.4. The summed E-state index contributed by atoms with van der Waals surface area (Å²) in [5.74, 6) is 0. The van der Waals surface area contributed by atoms with Crippen molar-refractivity contribution < 1.29 is 8.42 Å². The number of anilines is 1. The Kier molecular flexibility index (Phi) is 6.62. The molecule has 0 saturated carbocycles. The number of fused-ring (bicyclic) bond motifs is 3. The van der Waals surface area contributed by atoms with Gasteiger partial charge in [-0.3, -0.25) is 0 Å². The number of rotatable bonds is 10. The first-order valence-electron chi connectivity index (χ1n) is 10.2. The van der Waals surface area contributed by atoms with Gasteiger partial charge in [-0.05, 0) is 57.9 Å².